The van der Waals surface area contributed by atoms with Crippen LogP contribution in [-0.4, -0.2) is 66.9 Å². The van der Waals surface area contributed by atoms with Crippen molar-refractivity contribution in [3.8, 4) is 0 Å². The predicted molar refractivity (Wildman–Crippen MR) is 45.6 cm³/mol. The fourth-order valence-corrected chi connectivity index (χ4v) is 1.46. The molecule has 0 spiro atoms. The van der Waals surface area contributed by atoms with Gasteiger partial charge in [-0.05, 0) is 0 Å². The minimum atomic E-state index is -1.13. The topological polar surface area (TPSA) is 88.4 Å². The van der Waals surface area contributed by atoms with E-state index in [1.54, 1.807) is 0 Å². The van der Waals surface area contributed by atoms with Crippen molar-refractivity contribution < 1.29 is 29.5 Å². The summed E-state index contributed by atoms with van der Waals surface area (Å²) in [5, 5.41) is 28.2. The molecular formula is C8H16O6. The summed E-state index contributed by atoms with van der Waals surface area (Å²) in [5.74, 6) is 0. The lowest BCUT2D eigenvalue weighted by Gasteiger charge is -2.26. The average Bonchev–Trinajstić information content (AvgIpc) is 2.49. The maximum Gasteiger partial charge on any atom is 0.185 e. The van der Waals surface area contributed by atoms with Gasteiger partial charge in [0.15, 0.2) is 6.29 Å². The highest BCUT2D eigenvalue weighted by molar-refractivity contribution is 4.89. The van der Waals surface area contributed by atoms with Gasteiger partial charge in [-0.25, -0.2) is 0 Å². The molecule has 4 atom stereocenters. The zero-order valence-corrected chi connectivity index (χ0v) is 8.16. The van der Waals surface area contributed by atoms with Gasteiger partial charge in [0.1, 0.15) is 24.4 Å². The second-order valence-electron chi connectivity index (χ2n) is 3.19. The van der Waals surface area contributed by atoms with Gasteiger partial charge in [0.25, 0.3) is 0 Å². The molecule has 1 rings (SSSR count). The molecule has 6 heteroatoms. The second-order valence-corrected chi connectivity index (χ2v) is 3.19. The molecule has 0 aromatic carbocycles. The number of rotatable bonds is 4. The number of ether oxygens (including phenoxy) is 3. The molecule has 0 aromatic heterocycles. The fourth-order valence-electron chi connectivity index (χ4n) is 1.46. The standard InChI is InChI=1S/C8H16O6/c1-12-8(13-2)6(11)7-5(10)4(9)3-14-7/h4-11H,3H2,1-2H3. The van der Waals surface area contributed by atoms with Crippen LogP contribution in [0.2, 0.25) is 0 Å². The van der Waals surface area contributed by atoms with Crippen LogP contribution in [0.5, 0.6) is 0 Å². The monoisotopic (exact) mass is 208 g/mol. The van der Waals surface area contributed by atoms with Crippen LogP contribution < -0.4 is 0 Å². The molecule has 0 aliphatic carbocycles. The number of aliphatic hydroxyl groups excluding tert-OH is 3. The molecule has 84 valence electrons. The molecule has 1 aliphatic rings. The SMILES string of the molecule is COC(OC)C(O)C1OCC(O)C1O. The second kappa shape index (κ2) is 5.01. The van der Waals surface area contributed by atoms with Crippen LogP contribution in [0.25, 0.3) is 0 Å². The highest BCUT2D eigenvalue weighted by Gasteiger charge is 2.42. The van der Waals surface area contributed by atoms with Crippen LogP contribution in [0, 0.1) is 0 Å². The molecule has 0 bridgehead atoms. The van der Waals surface area contributed by atoms with Gasteiger partial charge in [-0.3, -0.25) is 0 Å². The molecule has 1 fully saturated rings. The predicted octanol–water partition coefficient (Wildman–Crippen LogP) is -1.91. The van der Waals surface area contributed by atoms with E-state index in [2.05, 4.69) is 0 Å². The van der Waals surface area contributed by atoms with Crippen LogP contribution in [-0.2, 0) is 14.2 Å². The summed E-state index contributed by atoms with van der Waals surface area (Å²) in [7, 11) is 2.74. The quantitative estimate of drug-likeness (QED) is 0.467. The van der Waals surface area contributed by atoms with Gasteiger partial charge < -0.3 is 29.5 Å². The Bertz CT molecular complexity index is 171. The zero-order chi connectivity index (χ0) is 10.7. The minimum Gasteiger partial charge on any atom is -0.388 e. The van der Waals surface area contributed by atoms with Crippen molar-refractivity contribution in [3.05, 3.63) is 0 Å². The van der Waals surface area contributed by atoms with Crippen molar-refractivity contribution in [2.24, 2.45) is 0 Å². The normalized spacial score (nSPS) is 35.1. The summed E-state index contributed by atoms with van der Waals surface area (Å²) in [4.78, 5) is 0. The number of hydrogen-bond donors (Lipinski definition) is 3. The van der Waals surface area contributed by atoms with Crippen LogP contribution in [0.1, 0.15) is 0 Å². The molecule has 0 aromatic rings. The van der Waals surface area contributed by atoms with Crippen LogP contribution in [0.4, 0.5) is 0 Å². The van der Waals surface area contributed by atoms with Crippen LogP contribution in [0.15, 0.2) is 0 Å². The van der Waals surface area contributed by atoms with Crippen molar-refractivity contribution >= 4 is 0 Å². The fraction of sp³-hybridized carbons (Fsp3) is 1.00. The Balaban J connectivity index is 2.55. The van der Waals surface area contributed by atoms with E-state index in [9.17, 15) is 15.3 Å². The largest absolute Gasteiger partial charge is 0.388 e. The first kappa shape index (κ1) is 11.8. The molecule has 0 saturated carbocycles. The first-order valence-corrected chi connectivity index (χ1v) is 4.33. The van der Waals surface area contributed by atoms with Gasteiger partial charge in [-0.1, -0.05) is 0 Å². The Morgan fingerprint density at radius 2 is 1.86 bits per heavy atom. The molecule has 6 nitrogen and oxygen atoms in total. The van der Waals surface area contributed by atoms with Crippen LogP contribution in [0.3, 0.4) is 0 Å². The zero-order valence-electron chi connectivity index (χ0n) is 8.16. The van der Waals surface area contributed by atoms with Gasteiger partial charge in [-0.15, -0.1) is 0 Å². The maximum atomic E-state index is 9.65. The highest BCUT2D eigenvalue weighted by Crippen LogP contribution is 2.20. The van der Waals surface area contributed by atoms with E-state index in [4.69, 9.17) is 14.2 Å². The van der Waals surface area contributed by atoms with Gasteiger partial charge in [0.05, 0.1) is 6.61 Å². The van der Waals surface area contributed by atoms with Crippen molar-refractivity contribution in [1.82, 2.24) is 0 Å². The third-order valence-corrected chi connectivity index (χ3v) is 2.27. The lowest BCUT2D eigenvalue weighted by molar-refractivity contribution is -0.201. The molecule has 0 amide bonds. The molecule has 0 radical (unpaired) electrons. The molecule has 4 unspecified atom stereocenters. The van der Waals surface area contributed by atoms with E-state index >= 15 is 0 Å². The minimum absolute atomic E-state index is 0.00302. The molecular weight excluding hydrogens is 192 g/mol. The number of methoxy groups -OCH3 is 2. The van der Waals surface area contributed by atoms with Gasteiger partial charge in [0, 0.05) is 14.2 Å². The molecule has 3 N–H and O–H groups in total. The first-order valence-electron chi connectivity index (χ1n) is 4.33. The summed E-state index contributed by atoms with van der Waals surface area (Å²) in [6.07, 6.45) is -4.96. The van der Waals surface area contributed by atoms with Crippen molar-refractivity contribution in [2.45, 2.75) is 30.7 Å². The summed E-state index contributed by atoms with van der Waals surface area (Å²) in [6.45, 7) is 0.00302. The lowest BCUT2D eigenvalue weighted by atomic mass is 10.1. The summed E-state index contributed by atoms with van der Waals surface area (Å²) in [6, 6.07) is 0. The Hall–Kier alpha value is -0.240. The Morgan fingerprint density at radius 1 is 1.29 bits per heavy atom. The molecule has 1 heterocycles. The number of aliphatic hydroxyl groups is 3. The maximum absolute atomic E-state index is 9.65. The van der Waals surface area contributed by atoms with Crippen molar-refractivity contribution in [3.63, 3.8) is 0 Å². The van der Waals surface area contributed by atoms with Gasteiger partial charge in [0.2, 0.25) is 0 Å². The van der Waals surface area contributed by atoms with E-state index in [1.165, 1.54) is 14.2 Å². The smallest absolute Gasteiger partial charge is 0.185 e. The molecule has 14 heavy (non-hydrogen) atoms. The summed E-state index contributed by atoms with van der Waals surface area (Å²) >= 11 is 0. The molecule has 1 saturated heterocycles. The van der Waals surface area contributed by atoms with E-state index < -0.39 is 30.7 Å². The Morgan fingerprint density at radius 3 is 2.21 bits per heavy atom. The summed E-state index contributed by atoms with van der Waals surface area (Å²) < 4.78 is 14.6. The van der Waals surface area contributed by atoms with Gasteiger partial charge >= 0.3 is 0 Å². The summed E-state index contributed by atoms with van der Waals surface area (Å²) in [5.41, 5.74) is 0. The average molecular weight is 208 g/mol. The molecule has 1 aliphatic heterocycles. The van der Waals surface area contributed by atoms with E-state index in [0.29, 0.717) is 0 Å². The lowest BCUT2D eigenvalue weighted by Crippen LogP contribution is -2.46. The van der Waals surface area contributed by atoms with Gasteiger partial charge in [-0.2, -0.15) is 0 Å². The Kier molecular flexibility index (Phi) is 4.24. The highest BCUT2D eigenvalue weighted by atomic mass is 16.7. The number of hydrogen-bond acceptors (Lipinski definition) is 6. The van der Waals surface area contributed by atoms with E-state index in [0.717, 1.165) is 0 Å². The third-order valence-electron chi connectivity index (χ3n) is 2.27. The van der Waals surface area contributed by atoms with Crippen molar-refractivity contribution in [2.75, 3.05) is 20.8 Å². The third kappa shape index (κ3) is 2.22. The van der Waals surface area contributed by atoms with Crippen molar-refractivity contribution in [1.29, 1.82) is 0 Å². The van der Waals surface area contributed by atoms with E-state index in [1.807, 2.05) is 0 Å². The van der Waals surface area contributed by atoms with E-state index in [-0.39, 0.29) is 6.61 Å². The van der Waals surface area contributed by atoms with Crippen LogP contribution >= 0.6 is 0 Å². The first-order chi connectivity index (χ1) is 6.61. The Labute approximate surface area is 82.0 Å².